The van der Waals surface area contributed by atoms with Crippen molar-refractivity contribution in [3.05, 3.63) is 82.9 Å². The Kier molecular flexibility index (Phi) is 5.88. The minimum absolute atomic E-state index is 0.0340. The highest BCUT2D eigenvalue weighted by molar-refractivity contribution is 7.80. The summed E-state index contributed by atoms with van der Waals surface area (Å²) < 4.78 is 2.34. The number of para-hydroxylation sites is 1. The molecule has 0 aliphatic carbocycles. The lowest BCUT2D eigenvalue weighted by Gasteiger charge is -2.27. The van der Waals surface area contributed by atoms with Crippen LogP contribution in [-0.2, 0) is 6.42 Å². The van der Waals surface area contributed by atoms with Crippen molar-refractivity contribution in [3.8, 4) is 5.69 Å². The summed E-state index contributed by atoms with van der Waals surface area (Å²) in [7, 11) is 0. The summed E-state index contributed by atoms with van der Waals surface area (Å²) in [4.78, 5) is 6.68. The summed E-state index contributed by atoms with van der Waals surface area (Å²) in [5.74, 6) is 0. The van der Waals surface area contributed by atoms with Crippen molar-refractivity contribution in [1.82, 2.24) is 19.8 Å². The van der Waals surface area contributed by atoms with E-state index in [0.717, 1.165) is 12.1 Å². The second kappa shape index (κ2) is 8.58. The Morgan fingerprint density at radius 2 is 1.90 bits per heavy atom. The van der Waals surface area contributed by atoms with Gasteiger partial charge in [-0.25, -0.2) is 0 Å². The van der Waals surface area contributed by atoms with Gasteiger partial charge < -0.3 is 19.9 Å². The number of pyridine rings is 1. The van der Waals surface area contributed by atoms with E-state index in [2.05, 4.69) is 70.9 Å². The summed E-state index contributed by atoms with van der Waals surface area (Å²) in [5.41, 5.74) is 7.06. The van der Waals surface area contributed by atoms with Gasteiger partial charge in [0.15, 0.2) is 5.11 Å². The second-order valence-electron chi connectivity index (χ2n) is 7.69. The van der Waals surface area contributed by atoms with Crippen LogP contribution in [0.5, 0.6) is 0 Å². The molecule has 156 valence electrons. The van der Waals surface area contributed by atoms with Gasteiger partial charge in [0.2, 0.25) is 0 Å². The maximum atomic E-state index is 9.69. The Balaban J connectivity index is 1.85. The van der Waals surface area contributed by atoms with Crippen molar-refractivity contribution in [2.45, 2.75) is 39.3 Å². The number of β-amino-alcohol motifs (C(OH)–C–C–N with tert-alkyl or cyclic N) is 1. The van der Waals surface area contributed by atoms with Crippen molar-refractivity contribution in [2.24, 2.45) is 0 Å². The fourth-order valence-electron chi connectivity index (χ4n) is 4.58. The fourth-order valence-corrected chi connectivity index (χ4v) is 4.91. The van der Waals surface area contributed by atoms with Gasteiger partial charge in [0, 0.05) is 29.8 Å². The summed E-state index contributed by atoms with van der Waals surface area (Å²) in [6, 6.07) is 16.7. The number of hydrogen-bond donors (Lipinski definition) is 2. The van der Waals surface area contributed by atoms with E-state index in [4.69, 9.17) is 12.2 Å². The van der Waals surface area contributed by atoms with Crippen LogP contribution in [0.1, 0.15) is 47.2 Å². The maximum absolute atomic E-state index is 9.69. The predicted octanol–water partition coefficient (Wildman–Crippen LogP) is 4.02. The number of thiocarbonyl (C=S) groups is 1. The van der Waals surface area contributed by atoms with Crippen LogP contribution in [0, 0.1) is 13.8 Å². The van der Waals surface area contributed by atoms with Crippen molar-refractivity contribution >= 4 is 17.3 Å². The molecule has 30 heavy (non-hydrogen) atoms. The molecule has 0 amide bonds. The van der Waals surface area contributed by atoms with Crippen LogP contribution in [0.4, 0.5) is 0 Å². The summed E-state index contributed by atoms with van der Waals surface area (Å²) >= 11 is 5.65. The highest BCUT2D eigenvalue weighted by Crippen LogP contribution is 2.41. The first kappa shape index (κ1) is 20.6. The molecule has 3 heterocycles. The van der Waals surface area contributed by atoms with Gasteiger partial charge in [-0.15, -0.1) is 0 Å². The number of aryl methyl sites for hydroxylation is 2. The van der Waals surface area contributed by atoms with Gasteiger partial charge in [0.25, 0.3) is 0 Å². The van der Waals surface area contributed by atoms with E-state index < -0.39 is 0 Å². The van der Waals surface area contributed by atoms with Crippen molar-refractivity contribution in [3.63, 3.8) is 0 Å². The molecule has 1 aliphatic heterocycles. The minimum atomic E-state index is -0.0689. The standard InChI is InChI=1S/C24H28N4OS/c1-4-18-9-5-6-11-21(18)28-16(2)15-19(17(28)3)23-22(20-10-7-8-12-25-20)26-24(30)27(23)13-14-29/h5-12,15,22-23,29H,4,13-14H2,1-3H3,(H,26,30). The monoisotopic (exact) mass is 420 g/mol. The molecule has 1 aromatic carbocycles. The van der Waals surface area contributed by atoms with Gasteiger partial charge in [0.05, 0.1) is 24.4 Å². The van der Waals surface area contributed by atoms with Crippen LogP contribution < -0.4 is 5.32 Å². The van der Waals surface area contributed by atoms with Crippen LogP contribution in [0.3, 0.4) is 0 Å². The zero-order valence-corrected chi connectivity index (χ0v) is 18.5. The number of aromatic nitrogens is 2. The Labute approximate surface area is 183 Å². The molecule has 1 aliphatic rings. The molecular weight excluding hydrogens is 392 g/mol. The summed E-state index contributed by atoms with van der Waals surface area (Å²) in [6.07, 6.45) is 2.79. The Hall–Kier alpha value is -2.70. The van der Waals surface area contributed by atoms with Crippen LogP contribution >= 0.6 is 12.2 Å². The van der Waals surface area contributed by atoms with Crippen LogP contribution in [-0.4, -0.2) is 37.8 Å². The van der Waals surface area contributed by atoms with E-state index in [1.54, 1.807) is 0 Å². The molecule has 1 saturated heterocycles. The quantitative estimate of drug-likeness (QED) is 0.590. The van der Waals surface area contributed by atoms with E-state index in [1.807, 2.05) is 24.4 Å². The van der Waals surface area contributed by atoms with Crippen LogP contribution in [0.2, 0.25) is 0 Å². The Bertz CT molecular complexity index is 1050. The first-order valence-electron chi connectivity index (χ1n) is 10.4. The number of hydrogen-bond acceptors (Lipinski definition) is 3. The number of nitrogens with one attached hydrogen (secondary N) is 1. The molecule has 0 radical (unpaired) electrons. The third-order valence-electron chi connectivity index (χ3n) is 5.94. The average Bonchev–Trinajstić information content (AvgIpc) is 3.24. The zero-order chi connectivity index (χ0) is 21.3. The topological polar surface area (TPSA) is 53.3 Å². The molecule has 4 rings (SSSR count). The Morgan fingerprint density at radius 3 is 2.60 bits per heavy atom. The number of aliphatic hydroxyl groups is 1. The number of benzene rings is 1. The molecule has 0 saturated carbocycles. The van der Waals surface area contributed by atoms with Gasteiger partial charge in [-0.2, -0.15) is 0 Å². The van der Waals surface area contributed by atoms with Crippen LogP contribution in [0.25, 0.3) is 5.69 Å². The lowest BCUT2D eigenvalue weighted by Crippen LogP contribution is -2.32. The maximum Gasteiger partial charge on any atom is 0.170 e. The lowest BCUT2D eigenvalue weighted by molar-refractivity contribution is 0.223. The first-order chi connectivity index (χ1) is 14.6. The minimum Gasteiger partial charge on any atom is -0.395 e. The molecular formula is C24H28N4OS. The largest absolute Gasteiger partial charge is 0.395 e. The molecule has 2 N–H and O–H groups in total. The molecule has 2 atom stereocenters. The van der Waals surface area contributed by atoms with E-state index in [-0.39, 0.29) is 18.7 Å². The van der Waals surface area contributed by atoms with Crippen LogP contribution in [0.15, 0.2) is 54.7 Å². The molecule has 2 aromatic heterocycles. The van der Waals surface area contributed by atoms with E-state index >= 15 is 0 Å². The molecule has 0 spiro atoms. The zero-order valence-electron chi connectivity index (χ0n) is 17.7. The normalized spacial score (nSPS) is 18.7. The third kappa shape index (κ3) is 3.50. The van der Waals surface area contributed by atoms with E-state index in [0.29, 0.717) is 11.7 Å². The van der Waals surface area contributed by atoms with Gasteiger partial charge in [-0.05, 0) is 67.9 Å². The van der Waals surface area contributed by atoms with Gasteiger partial charge in [-0.3, -0.25) is 4.98 Å². The SMILES string of the molecule is CCc1ccccc1-n1c(C)cc(C2C(c3ccccn3)NC(=S)N2CCO)c1C. The van der Waals surface area contributed by atoms with Crippen molar-refractivity contribution in [2.75, 3.05) is 13.2 Å². The summed E-state index contributed by atoms with van der Waals surface area (Å²) in [6.45, 7) is 7.03. The Morgan fingerprint density at radius 1 is 1.13 bits per heavy atom. The average molecular weight is 421 g/mol. The first-order valence-corrected chi connectivity index (χ1v) is 10.8. The molecule has 5 nitrogen and oxygen atoms in total. The van der Waals surface area contributed by atoms with E-state index in [9.17, 15) is 5.11 Å². The molecule has 0 bridgehead atoms. The molecule has 2 unspecified atom stereocenters. The lowest BCUT2D eigenvalue weighted by atomic mass is 9.97. The number of nitrogens with zero attached hydrogens (tertiary/aromatic N) is 3. The smallest absolute Gasteiger partial charge is 0.170 e. The second-order valence-corrected chi connectivity index (χ2v) is 8.07. The predicted molar refractivity (Wildman–Crippen MR) is 124 cm³/mol. The van der Waals surface area contributed by atoms with Gasteiger partial charge in [0.1, 0.15) is 0 Å². The number of rotatable bonds is 6. The van der Waals surface area contributed by atoms with Crippen molar-refractivity contribution < 1.29 is 5.11 Å². The highest BCUT2D eigenvalue weighted by atomic mass is 32.1. The molecule has 3 aromatic rings. The van der Waals surface area contributed by atoms with Gasteiger partial charge in [-0.1, -0.05) is 31.2 Å². The number of aliphatic hydroxyl groups excluding tert-OH is 1. The molecule has 1 fully saturated rings. The molecule has 6 heteroatoms. The summed E-state index contributed by atoms with van der Waals surface area (Å²) in [5, 5.41) is 13.8. The van der Waals surface area contributed by atoms with Gasteiger partial charge >= 0.3 is 0 Å². The van der Waals surface area contributed by atoms with Crippen molar-refractivity contribution in [1.29, 1.82) is 0 Å². The fraction of sp³-hybridized carbons (Fsp3) is 0.333. The third-order valence-corrected chi connectivity index (χ3v) is 6.29. The van der Waals surface area contributed by atoms with E-state index in [1.165, 1.54) is 28.2 Å². The highest BCUT2D eigenvalue weighted by Gasteiger charge is 2.41.